The minimum Gasteiger partial charge on any atom is -0.507 e. The molecule has 0 bridgehead atoms. The minimum atomic E-state index is -0.822. The molecule has 0 aromatic heterocycles. The second kappa shape index (κ2) is 16.3. The Labute approximate surface area is 255 Å². The molecule has 1 aliphatic rings. The fourth-order valence-electron chi connectivity index (χ4n) is 5.65. The van der Waals surface area contributed by atoms with E-state index in [2.05, 4.69) is 6.92 Å². The fraction of sp³-hybridized carbons (Fsp3) is 0.571. The van der Waals surface area contributed by atoms with E-state index < -0.39 is 11.6 Å². The number of carbonyl (C=O) groups is 3. The van der Waals surface area contributed by atoms with Crippen LogP contribution in [0.4, 0.5) is 0 Å². The van der Waals surface area contributed by atoms with Crippen LogP contribution in [-0.2, 0) is 17.6 Å². The van der Waals surface area contributed by atoms with Gasteiger partial charge >= 0.3 is 5.97 Å². The van der Waals surface area contributed by atoms with Crippen molar-refractivity contribution < 1.29 is 38.8 Å². The van der Waals surface area contributed by atoms with Crippen LogP contribution in [-0.4, -0.2) is 46.6 Å². The van der Waals surface area contributed by atoms with Crippen LogP contribution in [0.1, 0.15) is 130 Å². The molecular weight excluding hydrogens is 548 g/mol. The van der Waals surface area contributed by atoms with E-state index in [-0.39, 0.29) is 30.2 Å². The normalized spacial score (nSPS) is 16.0. The van der Waals surface area contributed by atoms with Crippen molar-refractivity contribution >= 4 is 17.5 Å². The molecule has 0 spiro atoms. The molecule has 236 valence electrons. The van der Waals surface area contributed by atoms with Gasteiger partial charge < -0.3 is 24.4 Å². The SMILES string of the molecule is CCCc1ccc(OCCCCC(=O)O)c2c1OC(C)(CCCCCCOc1ccc(C(C)=O)c(O)c1CCC)CC2=O. The van der Waals surface area contributed by atoms with Crippen LogP contribution in [0.3, 0.4) is 0 Å². The van der Waals surface area contributed by atoms with Gasteiger partial charge in [0.2, 0.25) is 0 Å². The molecular formula is C35H48O8. The first kappa shape index (κ1) is 33.9. The van der Waals surface area contributed by atoms with E-state index in [0.717, 1.165) is 56.9 Å². The van der Waals surface area contributed by atoms with E-state index in [1.807, 2.05) is 26.0 Å². The third-order valence-electron chi connectivity index (χ3n) is 7.90. The topological polar surface area (TPSA) is 119 Å². The van der Waals surface area contributed by atoms with Crippen LogP contribution in [0.15, 0.2) is 24.3 Å². The van der Waals surface area contributed by atoms with Gasteiger partial charge in [-0.15, -0.1) is 0 Å². The van der Waals surface area contributed by atoms with Gasteiger partial charge in [0.1, 0.15) is 34.2 Å². The van der Waals surface area contributed by atoms with Crippen LogP contribution in [0.5, 0.6) is 23.0 Å². The van der Waals surface area contributed by atoms with E-state index in [1.54, 1.807) is 12.1 Å². The molecule has 0 amide bonds. The zero-order chi connectivity index (χ0) is 31.4. The number of unbranched alkanes of at least 4 members (excludes halogenated alkanes) is 4. The molecule has 0 saturated heterocycles. The molecule has 0 fully saturated rings. The number of Topliss-reactive ketones (excluding diaryl/α,β-unsaturated/α-hetero) is 2. The number of aryl methyl sites for hydroxylation is 1. The molecule has 2 N–H and O–H groups in total. The van der Waals surface area contributed by atoms with Crippen molar-refractivity contribution in [2.45, 2.75) is 117 Å². The van der Waals surface area contributed by atoms with Gasteiger partial charge in [-0.3, -0.25) is 14.4 Å². The Morgan fingerprint density at radius 3 is 2.23 bits per heavy atom. The largest absolute Gasteiger partial charge is 0.507 e. The monoisotopic (exact) mass is 596 g/mol. The maximum atomic E-state index is 13.4. The Hall–Kier alpha value is -3.55. The number of rotatable bonds is 19. The highest BCUT2D eigenvalue weighted by atomic mass is 16.5. The number of ketones is 2. The molecule has 1 unspecified atom stereocenters. The summed E-state index contributed by atoms with van der Waals surface area (Å²) in [7, 11) is 0. The number of fused-ring (bicyclic) bond motifs is 1. The molecule has 2 aromatic carbocycles. The second-order valence-corrected chi connectivity index (χ2v) is 11.8. The lowest BCUT2D eigenvalue weighted by atomic mass is 9.85. The van der Waals surface area contributed by atoms with Crippen LogP contribution >= 0.6 is 0 Å². The summed E-state index contributed by atoms with van der Waals surface area (Å²) in [6.45, 7) is 8.46. The Morgan fingerprint density at radius 1 is 0.907 bits per heavy atom. The van der Waals surface area contributed by atoms with Gasteiger partial charge in [0, 0.05) is 12.0 Å². The Kier molecular flexibility index (Phi) is 12.9. The molecule has 8 heteroatoms. The number of hydrogen-bond acceptors (Lipinski definition) is 7. The zero-order valence-electron chi connectivity index (χ0n) is 26.3. The third-order valence-corrected chi connectivity index (χ3v) is 7.90. The average Bonchev–Trinajstić information content (AvgIpc) is 2.94. The van der Waals surface area contributed by atoms with Gasteiger partial charge in [-0.1, -0.05) is 45.6 Å². The molecule has 1 atom stereocenters. The lowest BCUT2D eigenvalue weighted by Crippen LogP contribution is -2.39. The lowest BCUT2D eigenvalue weighted by molar-refractivity contribution is -0.137. The first-order valence-electron chi connectivity index (χ1n) is 15.8. The van der Waals surface area contributed by atoms with Crippen molar-refractivity contribution in [2.24, 2.45) is 0 Å². The highest BCUT2D eigenvalue weighted by Gasteiger charge is 2.39. The van der Waals surface area contributed by atoms with Crippen LogP contribution in [0.25, 0.3) is 0 Å². The smallest absolute Gasteiger partial charge is 0.303 e. The summed E-state index contributed by atoms with van der Waals surface area (Å²) < 4.78 is 18.5. The maximum Gasteiger partial charge on any atom is 0.303 e. The van der Waals surface area contributed by atoms with Crippen LogP contribution in [0.2, 0.25) is 0 Å². The fourth-order valence-corrected chi connectivity index (χ4v) is 5.65. The molecule has 3 rings (SSSR count). The molecule has 0 aliphatic carbocycles. The van der Waals surface area contributed by atoms with E-state index >= 15 is 0 Å². The molecule has 1 heterocycles. The molecule has 2 aromatic rings. The first-order chi connectivity index (χ1) is 20.6. The molecule has 43 heavy (non-hydrogen) atoms. The third kappa shape index (κ3) is 9.47. The predicted molar refractivity (Wildman–Crippen MR) is 166 cm³/mol. The minimum absolute atomic E-state index is 0.0255. The summed E-state index contributed by atoms with van der Waals surface area (Å²) in [5.41, 5.74) is 1.96. The summed E-state index contributed by atoms with van der Waals surface area (Å²) in [5.74, 6) is 0.857. The number of aromatic hydroxyl groups is 1. The van der Waals surface area contributed by atoms with E-state index in [1.165, 1.54) is 6.92 Å². The predicted octanol–water partition coefficient (Wildman–Crippen LogP) is 7.89. The van der Waals surface area contributed by atoms with Crippen molar-refractivity contribution in [2.75, 3.05) is 13.2 Å². The highest BCUT2D eigenvalue weighted by molar-refractivity contribution is 6.03. The Balaban J connectivity index is 1.53. The van der Waals surface area contributed by atoms with Crippen molar-refractivity contribution in [3.63, 3.8) is 0 Å². The number of carbonyl (C=O) groups excluding carboxylic acids is 2. The summed E-state index contributed by atoms with van der Waals surface area (Å²) in [6, 6.07) is 7.23. The zero-order valence-corrected chi connectivity index (χ0v) is 26.3. The average molecular weight is 597 g/mol. The van der Waals surface area contributed by atoms with E-state index in [4.69, 9.17) is 19.3 Å². The number of phenolic OH excluding ortho intramolecular Hbond substituents is 1. The standard InChI is InChI=1S/C35H48O8/c1-5-13-25-16-18-30(42-22-12-9-15-31(38)39)32-28(37)23-35(4,43-34(25)32)20-10-7-8-11-21-41-29-19-17-26(24(3)36)33(40)27(29)14-6-2/h16-19,40H,5-15,20-23H2,1-4H3,(H,38,39). The molecule has 0 radical (unpaired) electrons. The molecule has 1 aliphatic heterocycles. The van der Waals surface area contributed by atoms with Crippen LogP contribution < -0.4 is 14.2 Å². The van der Waals surface area contributed by atoms with Crippen LogP contribution in [0, 0.1) is 0 Å². The second-order valence-electron chi connectivity index (χ2n) is 11.8. The maximum absolute atomic E-state index is 13.4. The highest BCUT2D eigenvalue weighted by Crippen LogP contribution is 2.43. The summed E-state index contributed by atoms with van der Waals surface area (Å²) in [5, 5.41) is 19.4. The lowest BCUT2D eigenvalue weighted by Gasteiger charge is -2.37. The van der Waals surface area contributed by atoms with Gasteiger partial charge in [0.25, 0.3) is 0 Å². The number of phenols is 1. The number of hydrogen-bond donors (Lipinski definition) is 2. The van der Waals surface area contributed by atoms with Gasteiger partial charge in [-0.2, -0.15) is 0 Å². The number of carboxylic acid groups (broad SMARTS) is 1. The van der Waals surface area contributed by atoms with Gasteiger partial charge in [-0.05, 0) is 82.6 Å². The van der Waals surface area contributed by atoms with Crippen molar-refractivity contribution in [3.8, 4) is 23.0 Å². The molecule has 0 saturated carbocycles. The van der Waals surface area contributed by atoms with Crippen molar-refractivity contribution in [1.82, 2.24) is 0 Å². The summed E-state index contributed by atoms with van der Waals surface area (Å²) in [4.78, 5) is 36.0. The van der Waals surface area contributed by atoms with Gasteiger partial charge in [0.15, 0.2) is 11.6 Å². The Bertz CT molecular complexity index is 1270. The number of ether oxygens (including phenoxy) is 3. The first-order valence-corrected chi connectivity index (χ1v) is 15.8. The number of benzene rings is 2. The van der Waals surface area contributed by atoms with Gasteiger partial charge in [-0.25, -0.2) is 0 Å². The van der Waals surface area contributed by atoms with Gasteiger partial charge in [0.05, 0.1) is 25.2 Å². The van der Waals surface area contributed by atoms with E-state index in [9.17, 15) is 19.5 Å². The number of aliphatic carboxylic acids is 1. The summed E-state index contributed by atoms with van der Waals surface area (Å²) >= 11 is 0. The van der Waals surface area contributed by atoms with Crippen molar-refractivity contribution in [3.05, 3.63) is 46.5 Å². The van der Waals surface area contributed by atoms with E-state index in [0.29, 0.717) is 66.4 Å². The number of carboxylic acids is 1. The summed E-state index contributed by atoms with van der Waals surface area (Å²) in [6.07, 6.45) is 9.18. The quantitative estimate of drug-likeness (QED) is 0.124. The van der Waals surface area contributed by atoms with Crippen molar-refractivity contribution in [1.29, 1.82) is 0 Å². The molecule has 8 nitrogen and oxygen atoms in total. The Morgan fingerprint density at radius 2 is 1.56 bits per heavy atom.